The molecule has 2 fully saturated rings. The van der Waals surface area contributed by atoms with Gasteiger partial charge in [-0.25, -0.2) is 0 Å². The van der Waals surface area contributed by atoms with Crippen LogP contribution in [-0.4, -0.2) is 57.0 Å². The highest BCUT2D eigenvalue weighted by atomic mass is 16.5. The van der Waals surface area contributed by atoms with Crippen LogP contribution in [0, 0.1) is 11.3 Å². The fraction of sp³-hybridized carbons (Fsp3) is 0.621. The monoisotopic (exact) mass is 509 g/mol. The fourth-order valence-corrected chi connectivity index (χ4v) is 6.54. The van der Waals surface area contributed by atoms with Crippen molar-refractivity contribution in [3.05, 3.63) is 47.3 Å². The second-order valence-corrected chi connectivity index (χ2v) is 11.6. The molecule has 3 aliphatic heterocycles. The zero-order chi connectivity index (χ0) is 26.4. The number of benzene rings is 1. The highest BCUT2D eigenvalue weighted by molar-refractivity contribution is 5.93. The Kier molecular flexibility index (Phi) is 6.81. The van der Waals surface area contributed by atoms with Crippen molar-refractivity contribution in [1.29, 1.82) is 0 Å². The number of carbonyl (C=O) groups is 2. The smallest absolute Gasteiger partial charge is 0.303 e. The number of carbonyl (C=O) groups excluding carboxylic acids is 1. The van der Waals surface area contributed by atoms with Gasteiger partial charge in [-0.2, -0.15) is 5.10 Å². The first-order valence-corrected chi connectivity index (χ1v) is 13.6. The molecule has 37 heavy (non-hydrogen) atoms. The molecule has 1 amide bonds. The molecule has 0 saturated carbocycles. The van der Waals surface area contributed by atoms with Crippen LogP contribution in [0.2, 0.25) is 0 Å². The molecule has 8 heteroatoms. The zero-order valence-electron chi connectivity index (χ0n) is 22.4. The summed E-state index contributed by atoms with van der Waals surface area (Å²) in [6.07, 6.45) is 3.02. The third-order valence-corrected chi connectivity index (χ3v) is 8.63. The Labute approximate surface area is 218 Å². The van der Waals surface area contributed by atoms with Gasteiger partial charge in [0.05, 0.1) is 18.4 Å². The Hall–Kier alpha value is -2.87. The Balaban J connectivity index is 1.41. The molecule has 1 aromatic heterocycles. The molecule has 0 aliphatic carbocycles. The lowest BCUT2D eigenvalue weighted by Crippen LogP contribution is -2.57. The second-order valence-electron chi connectivity index (χ2n) is 11.6. The van der Waals surface area contributed by atoms with Gasteiger partial charge in [-0.3, -0.25) is 14.3 Å². The standard InChI is InChI=1S/C29H39N3O5/c1-5-32-23(15-22(30-32)19(2)3)27(35)31-14-8-12-29(17-31)16-21-26(36-18-29)20-9-6-7-10-24(20)37-28(21,4)13-11-25(33)34/h6-7,9-10,15,19,21,26H,5,8,11-14,16-18H2,1-4H3,(H,33,34)/t21-,26+,28-,29-/m1/s1. The number of para-hydroxylation sites is 1. The maximum atomic E-state index is 13.7. The number of aryl methyl sites for hydroxylation is 1. The number of nitrogens with zero attached hydrogens (tertiary/aromatic N) is 3. The summed E-state index contributed by atoms with van der Waals surface area (Å²) in [5, 5.41) is 14.1. The van der Waals surface area contributed by atoms with E-state index < -0.39 is 11.6 Å². The molecule has 1 aromatic carbocycles. The minimum absolute atomic E-state index is 0.000680. The van der Waals surface area contributed by atoms with E-state index in [1.807, 2.05) is 47.7 Å². The van der Waals surface area contributed by atoms with Crippen LogP contribution >= 0.6 is 0 Å². The third kappa shape index (κ3) is 4.76. The van der Waals surface area contributed by atoms with Crippen molar-refractivity contribution in [2.75, 3.05) is 19.7 Å². The number of carboxylic acids is 1. The van der Waals surface area contributed by atoms with Crippen molar-refractivity contribution in [3.8, 4) is 5.75 Å². The Morgan fingerprint density at radius 1 is 1.27 bits per heavy atom. The van der Waals surface area contributed by atoms with Crippen molar-refractivity contribution in [1.82, 2.24) is 14.7 Å². The van der Waals surface area contributed by atoms with Crippen LogP contribution in [0.15, 0.2) is 30.3 Å². The number of piperidine rings is 1. The average Bonchev–Trinajstić information content (AvgIpc) is 3.32. The third-order valence-electron chi connectivity index (χ3n) is 8.63. The minimum Gasteiger partial charge on any atom is -0.487 e. The normalized spacial score (nSPS) is 29.1. The van der Waals surface area contributed by atoms with Gasteiger partial charge in [0.1, 0.15) is 17.0 Å². The van der Waals surface area contributed by atoms with E-state index in [0.29, 0.717) is 31.8 Å². The Bertz CT molecular complexity index is 1180. The first-order valence-electron chi connectivity index (χ1n) is 13.6. The summed E-state index contributed by atoms with van der Waals surface area (Å²) in [5.74, 6) is 0.241. The summed E-state index contributed by atoms with van der Waals surface area (Å²) in [6, 6.07) is 9.88. The molecule has 0 bridgehead atoms. The quantitative estimate of drug-likeness (QED) is 0.586. The van der Waals surface area contributed by atoms with E-state index in [1.165, 1.54) is 0 Å². The van der Waals surface area contributed by atoms with E-state index in [0.717, 1.165) is 42.8 Å². The zero-order valence-corrected chi connectivity index (χ0v) is 22.4. The first kappa shape index (κ1) is 25.8. The molecule has 1 spiro atoms. The van der Waals surface area contributed by atoms with Gasteiger partial charge in [0.2, 0.25) is 0 Å². The van der Waals surface area contributed by atoms with Gasteiger partial charge in [-0.1, -0.05) is 32.0 Å². The van der Waals surface area contributed by atoms with Crippen molar-refractivity contribution in [2.45, 2.75) is 84.0 Å². The molecule has 1 N–H and O–H groups in total. The van der Waals surface area contributed by atoms with Crippen molar-refractivity contribution in [2.24, 2.45) is 11.3 Å². The van der Waals surface area contributed by atoms with Crippen LogP contribution in [0.5, 0.6) is 5.75 Å². The van der Waals surface area contributed by atoms with Crippen molar-refractivity contribution >= 4 is 11.9 Å². The number of aliphatic carboxylic acids is 1. The van der Waals surface area contributed by atoms with Crippen LogP contribution in [0.25, 0.3) is 0 Å². The maximum absolute atomic E-state index is 13.7. The highest BCUT2D eigenvalue weighted by Crippen LogP contribution is 2.56. The summed E-state index contributed by atoms with van der Waals surface area (Å²) >= 11 is 0. The SMILES string of the molecule is CCn1nc(C(C)C)cc1C(=O)N1CCC[C@]2(CO[C@H]3c4ccccc4O[C@](C)(CCC(=O)O)[C@@H]3C2)C1. The van der Waals surface area contributed by atoms with Gasteiger partial charge in [-0.15, -0.1) is 0 Å². The van der Waals surface area contributed by atoms with E-state index in [9.17, 15) is 14.7 Å². The van der Waals surface area contributed by atoms with Gasteiger partial charge in [-0.05, 0) is 57.6 Å². The molecule has 200 valence electrons. The van der Waals surface area contributed by atoms with E-state index in [4.69, 9.17) is 9.47 Å². The molecule has 4 atom stereocenters. The number of ether oxygens (including phenoxy) is 2. The average molecular weight is 510 g/mol. The van der Waals surface area contributed by atoms with Gasteiger partial charge < -0.3 is 19.5 Å². The molecule has 2 saturated heterocycles. The van der Waals surface area contributed by atoms with E-state index in [-0.39, 0.29) is 35.7 Å². The summed E-state index contributed by atoms with van der Waals surface area (Å²) in [5.41, 5.74) is 1.77. The number of aromatic nitrogens is 2. The predicted molar refractivity (Wildman–Crippen MR) is 139 cm³/mol. The number of carboxylic acid groups (broad SMARTS) is 1. The lowest BCUT2D eigenvalue weighted by molar-refractivity contribution is -0.181. The lowest BCUT2D eigenvalue weighted by atomic mass is 9.64. The van der Waals surface area contributed by atoms with Gasteiger partial charge in [0.25, 0.3) is 5.91 Å². The number of fused-ring (bicyclic) bond motifs is 3. The van der Waals surface area contributed by atoms with Gasteiger partial charge >= 0.3 is 5.97 Å². The van der Waals surface area contributed by atoms with Crippen molar-refractivity contribution < 1.29 is 24.2 Å². The van der Waals surface area contributed by atoms with E-state index in [2.05, 4.69) is 25.0 Å². The lowest BCUT2D eigenvalue weighted by Gasteiger charge is -2.55. The predicted octanol–water partition coefficient (Wildman–Crippen LogP) is 5.04. The second kappa shape index (κ2) is 9.78. The summed E-state index contributed by atoms with van der Waals surface area (Å²) < 4.78 is 15.0. The number of hydrogen-bond acceptors (Lipinski definition) is 5. The number of rotatable bonds is 6. The molecule has 5 rings (SSSR count). The summed E-state index contributed by atoms with van der Waals surface area (Å²) in [7, 11) is 0. The molecular formula is C29H39N3O5. The molecule has 0 unspecified atom stereocenters. The highest BCUT2D eigenvalue weighted by Gasteiger charge is 2.55. The van der Waals surface area contributed by atoms with E-state index in [1.54, 1.807) is 0 Å². The number of hydrogen-bond donors (Lipinski definition) is 1. The molecule has 8 nitrogen and oxygen atoms in total. The van der Waals surface area contributed by atoms with Crippen LogP contribution in [-0.2, 0) is 16.1 Å². The summed E-state index contributed by atoms with van der Waals surface area (Å²) in [6.45, 7) is 10.8. The Morgan fingerprint density at radius 2 is 2.05 bits per heavy atom. The van der Waals surface area contributed by atoms with Gasteiger partial charge in [0, 0.05) is 43.0 Å². The molecule has 3 aliphatic rings. The Morgan fingerprint density at radius 3 is 2.78 bits per heavy atom. The van der Waals surface area contributed by atoms with Crippen LogP contribution in [0.1, 0.15) is 93.6 Å². The van der Waals surface area contributed by atoms with Crippen molar-refractivity contribution in [3.63, 3.8) is 0 Å². The molecule has 0 radical (unpaired) electrons. The minimum atomic E-state index is -0.825. The first-order chi connectivity index (χ1) is 17.6. The molecule has 2 aromatic rings. The van der Waals surface area contributed by atoms with Gasteiger partial charge in [0.15, 0.2) is 0 Å². The van der Waals surface area contributed by atoms with Crippen LogP contribution in [0.4, 0.5) is 0 Å². The van der Waals surface area contributed by atoms with Crippen LogP contribution in [0.3, 0.4) is 0 Å². The number of amides is 1. The maximum Gasteiger partial charge on any atom is 0.303 e. The summed E-state index contributed by atoms with van der Waals surface area (Å²) in [4.78, 5) is 27.2. The van der Waals surface area contributed by atoms with Crippen LogP contribution < -0.4 is 4.74 Å². The molecule has 4 heterocycles. The largest absolute Gasteiger partial charge is 0.487 e. The number of likely N-dealkylation sites (tertiary alicyclic amines) is 1. The molecular weight excluding hydrogens is 470 g/mol. The van der Waals surface area contributed by atoms with E-state index >= 15 is 0 Å². The fourth-order valence-electron chi connectivity index (χ4n) is 6.54. The topological polar surface area (TPSA) is 93.9 Å².